The summed E-state index contributed by atoms with van der Waals surface area (Å²) >= 11 is 0. The topological polar surface area (TPSA) is 13.0 Å². The van der Waals surface area contributed by atoms with Crippen molar-refractivity contribution in [3.8, 4) is 66.8 Å². The molecule has 0 N–H and O–H groups in total. The Morgan fingerprint density at radius 2 is 0.392 bits per heavy atom. The zero-order valence-corrected chi connectivity index (χ0v) is 79.1. The van der Waals surface area contributed by atoms with Gasteiger partial charge in [-0.05, 0) is 351 Å². The molecule has 8 atom stereocenters. The van der Waals surface area contributed by atoms with Crippen LogP contribution >= 0.6 is 0 Å². The van der Waals surface area contributed by atoms with Crippen LogP contribution in [0, 0.1) is 21.7 Å². The van der Waals surface area contributed by atoms with E-state index in [-0.39, 0.29) is 65.5 Å². The van der Waals surface area contributed by atoms with Crippen molar-refractivity contribution in [3.05, 3.63) is 326 Å². The SMILES string of the molecule is CC1(C)CCCC2(C)c3cc(-c4ccc5c6c(-c7ccccc7)c7c8ccc(-c9ccc%10c(c9)C9(C)CCCC(C)(C)C9(C)N%10c9ccccc9)c9c(-c%10ccc%11c(c%10)C%10(C)CCCC(C)(C)C%10(C)N%11c%10ccccc%10)ccc(c7c(-c7ccccc7)c6c6ccc(-c7ccc%10c(c7)C7(C)CCCC(C)(C)C7(C)N%10c7ccccc7)c4c56)c98)ccc3N(c3ccccc3)C12C. The van der Waals surface area contributed by atoms with Gasteiger partial charge in [-0.25, -0.2) is 0 Å². The highest BCUT2D eigenvalue weighted by atomic mass is 15.3. The maximum atomic E-state index is 2.78. The molecule has 4 aliphatic carbocycles. The van der Waals surface area contributed by atoms with Gasteiger partial charge in [-0.2, -0.15) is 0 Å². The van der Waals surface area contributed by atoms with Crippen molar-refractivity contribution in [2.45, 2.75) is 232 Å². The number of rotatable bonds is 10. The number of nitrogens with zero attached hydrogens (tertiary/aromatic N) is 4. The number of benzene rings is 15. The van der Waals surface area contributed by atoms with Crippen LogP contribution in [0.15, 0.2) is 303 Å². The number of para-hydroxylation sites is 4. The van der Waals surface area contributed by atoms with E-state index in [4.69, 9.17) is 0 Å². The maximum absolute atomic E-state index is 2.78. The van der Waals surface area contributed by atoms with Gasteiger partial charge in [-0.1, -0.05) is 315 Å². The van der Waals surface area contributed by atoms with Crippen LogP contribution in [-0.2, 0) is 21.7 Å². The highest BCUT2D eigenvalue weighted by Crippen LogP contribution is 2.73. The summed E-state index contributed by atoms with van der Waals surface area (Å²) in [6.45, 7) is 41.4. The van der Waals surface area contributed by atoms with Crippen LogP contribution in [-0.4, -0.2) is 22.2 Å². The van der Waals surface area contributed by atoms with Gasteiger partial charge in [0.25, 0.3) is 0 Å². The Labute approximate surface area is 770 Å². The molecular weight excluding hydrogens is 1570 g/mol. The van der Waals surface area contributed by atoms with Crippen LogP contribution in [0.1, 0.15) is 210 Å². The highest BCUT2D eigenvalue weighted by molar-refractivity contribution is 6.48. The van der Waals surface area contributed by atoms with Crippen molar-refractivity contribution in [1.82, 2.24) is 0 Å². The molecule has 646 valence electrons. The standard InChI is InChI=1S/C126H122N4/c1-115(2)67-35-71-119(9)97-75-81(51-63-101(97)127(123(115,119)13)85-43-27-19-28-44-85)89-55-59-93-109-94(60-56-90(107(89)109)82-52-64-102-98(76-82)120(10)72-36-68-116(3,4)124(120,14)128(102)86-45-29-20-30-46-86)112-106(80-41-25-18-26-42-80)114-96-62-58-92(84-54-66-104-100(78-84)122(12)74-38-70-118(7,8)126(122,16)130(104)88-49-33-22-34-50-88)108-91(57-61-95(110(96)108)113(114)105(111(93)112)79-39-23-17-24-40-79)83-53-65-103-99(77-83)121(11)73-37-69-117(5,6)125(121,15)129(103)87-47-31-21-32-48-87/h17-34,39-66,75-78H,35-38,67-74H2,1-16H3. The Hall–Kier alpha value is -12.0. The lowest BCUT2D eigenvalue weighted by Crippen LogP contribution is -2.64. The molecule has 4 heteroatoms. The van der Waals surface area contributed by atoms with E-state index in [0.29, 0.717) is 0 Å². The Morgan fingerprint density at radius 3 is 0.608 bits per heavy atom. The summed E-state index contributed by atoms with van der Waals surface area (Å²) in [5.41, 5.74) is 30.2. The van der Waals surface area contributed by atoms with Crippen LogP contribution < -0.4 is 19.6 Å². The summed E-state index contributed by atoms with van der Waals surface area (Å²) < 4.78 is 0. The Morgan fingerprint density at radius 1 is 0.185 bits per heavy atom. The minimum atomic E-state index is -0.208. The molecule has 0 aromatic heterocycles. The molecule has 0 bridgehead atoms. The third kappa shape index (κ3) is 9.79. The molecule has 4 heterocycles. The molecule has 0 spiro atoms. The lowest BCUT2D eigenvalue weighted by atomic mass is 9.51. The van der Waals surface area contributed by atoms with E-state index >= 15 is 0 Å². The Balaban J connectivity index is 0.800. The van der Waals surface area contributed by atoms with Crippen molar-refractivity contribution >= 4 is 110 Å². The molecule has 4 saturated carbocycles. The molecule has 17 aromatic rings. The molecule has 0 radical (unpaired) electrons. The van der Waals surface area contributed by atoms with Gasteiger partial charge in [0, 0.05) is 67.2 Å². The minimum absolute atomic E-state index is 0.00751. The average molecular weight is 1690 g/mol. The van der Waals surface area contributed by atoms with Crippen LogP contribution in [0.3, 0.4) is 0 Å². The van der Waals surface area contributed by atoms with Gasteiger partial charge >= 0.3 is 0 Å². The molecule has 0 saturated heterocycles. The summed E-state index contributed by atoms with van der Waals surface area (Å²) in [5, 5.41) is 15.8. The number of hydrogen-bond acceptors (Lipinski definition) is 4. The van der Waals surface area contributed by atoms with Crippen LogP contribution in [0.5, 0.6) is 0 Å². The number of fused-ring (bicyclic) bond motifs is 18. The fourth-order valence-corrected chi connectivity index (χ4v) is 30.9. The van der Waals surface area contributed by atoms with Crippen molar-refractivity contribution in [1.29, 1.82) is 0 Å². The van der Waals surface area contributed by atoms with E-state index in [0.717, 1.165) is 25.7 Å². The van der Waals surface area contributed by atoms with E-state index in [1.165, 1.54) is 251 Å². The number of anilines is 8. The molecule has 4 fully saturated rings. The van der Waals surface area contributed by atoms with Crippen molar-refractivity contribution < 1.29 is 0 Å². The van der Waals surface area contributed by atoms with E-state index in [2.05, 4.69) is 434 Å². The quantitative estimate of drug-likeness (QED) is 0.135. The first kappa shape index (κ1) is 80.1. The van der Waals surface area contributed by atoms with Gasteiger partial charge in [-0.15, -0.1) is 0 Å². The largest absolute Gasteiger partial charge is 0.334 e. The zero-order valence-electron chi connectivity index (χ0n) is 79.1. The van der Waals surface area contributed by atoms with Crippen LogP contribution in [0.25, 0.3) is 131 Å². The molecule has 4 aliphatic heterocycles. The molecule has 8 aliphatic rings. The van der Waals surface area contributed by atoms with Crippen LogP contribution in [0.2, 0.25) is 0 Å². The second-order valence-corrected chi connectivity index (χ2v) is 45.3. The van der Waals surface area contributed by atoms with Crippen molar-refractivity contribution in [3.63, 3.8) is 0 Å². The maximum Gasteiger partial charge on any atom is 0.0568 e. The Bertz CT molecular complexity index is 6730. The van der Waals surface area contributed by atoms with Gasteiger partial charge in [0.2, 0.25) is 0 Å². The fourth-order valence-electron chi connectivity index (χ4n) is 30.9. The molecule has 8 unspecified atom stereocenters. The molecule has 130 heavy (non-hydrogen) atoms. The third-order valence-electron chi connectivity index (χ3n) is 38.9. The fraction of sp³-hybridized carbons (Fsp3) is 0.317. The molecule has 0 amide bonds. The second-order valence-electron chi connectivity index (χ2n) is 45.3. The average Bonchev–Trinajstić information content (AvgIpc) is 1.52. The first-order valence-electron chi connectivity index (χ1n) is 49.1. The normalized spacial score (nSPS) is 26.5. The Kier molecular flexibility index (Phi) is 16.6. The molecular formula is C126H122N4. The number of hydrogen-bond donors (Lipinski definition) is 0. The zero-order chi connectivity index (χ0) is 88.9. The van der Waals surface area contributed by atoms with E-state index < -0.39 is 0 Å². The van der Waals surface area contributed by atoms with E-state index in [9.17, 15) is 0 Å². The predicted octanol–water partition coefficient (Wildman–Crippen LogP) is 35.0. The predicted molar refractivity (Wildman–Crippen MR) is 554 cm³/mol. The van der Waals surface area contributed by atoms with Gasteiger partial charge in [0.1, 0.15) is 0 Å². The monoisotopic (exact) mass is 1690 g/mol. The van der Waals surface area contributed by atoms with Gasteiger partial charge in [0.15, 0.2) is 0 Å². The lowest BCUT2D eigenvalue weighted by molar-refractivity contribution is 0.0484. The van der Waals surface area contributed by atoms with Crippen molar-refractivity contribution in [2.75, 3.05) is 19.6 Å². The lowest BCUT2D eigenvalue weighted by Gasteiger charge is -2.59. The van der Waals surface area contributed by atoms with Crippen molar-refractivity contribution in [2.24, 2.45) is 21.7 Å². The minimum Gasteiger partial charge on any atom is -0.334 e. The summed E-state index contributed by atoms with van der Waals surface area (Å²) in [4.78, 5) is 11.1. The van der Waals surface area contributed by atoms with Gasteiger partial charge in [-0.3, -0.25) is 0 Å². The first-order valence-corrected chi connectivity index (χ1v) is 49.1. The van der Waals surface area contributed by atoms with Crippen LogP contribution in [0.4, 0.5) is 45.5 Å². The molecule has 4 nitrogen and oxygen atoms in total. The summed E-state index contributed by atoms with van der Waals surface area (Å²) in [5.74, 6) is 0. The first-order chi connectivity index (χ1) is 62.5. The van der Waals surface area contributed by atoms with Gasteiger partial charge < -0.3 is 19.6 Å². The van der Waals surface area contributed by atoms with E-state index in [1.807, 2.05) is 0 Å². The van der Waals surface area contributed by atoms with E-state index in [1.54, 1.807) is 0 Å². The second kappa shape index (κ2) is 26.9. The molecule has 25 rings (SSSR count). The highest BCUT2D eigenvalue weighted by Gasteiger charge is 2.69. The van der Waals surface area contributed by atoms with Gasteiger partial charge in [0.05, 0.1) is 22.2 Å². The smallest absolute Gasteiger partial charge is 0.0568 e. The summed E-state index contributed by atoms with van der Waals surface area (Å²) in [6, 6.07) is 121. The summed E-state index contributed by atoms with van der Waals surface area (Å²) in [7, 11) is 0. The third-order valence-corrected chi connectivity index (χ3v) is 38.9. The molecule has 17 aromatic carbocycles. The summed E-state index contributed by atoms with van der Waals surface area (Å²) in [6.07, 6.45) is 13.9.